The fraction of sp³-hybridized carbons (Fsp3) is 0.174. The highest BCUT2D eigenvalue weighted by Gasteiger charge is 2.19. The molecule has 0 saturated heterocycles. The third-order valence-electron chi connectivity index (χ3n) is 4.20. The normalized spacial score (nSPS) is 10.3. The van der Waals surface area contributed by atoms with Gasteiger partial charge >= 0.3 is 6.09 Å². The Balaban J connectivity index is 1.80. The van der Waals surface area contributed by atoms with Crippen molar-refractivity contribution in [2.24, 2.45) is 0 Å². The third kappa shape index (κ3) is 5.04. The molecule has 0 spiro atoms. The number of nitrogens with zero attached hydrogens (tertiary/aromatic N) is 1. The number of amides is 1. The van der Waals surface area contributed by atoms with Crippen LogP contribution < -0.4 is 9.64 Å². The van der Waals surface area contributed by atoms with E-state index in [1.807, 2.05) is 43.3 Å². The van der Waals surface area contributed by atoms with E-state index in [0.29, 0.717) is 17.9 Å². The summed E-state index contributed by atoms with van der Waals surface area (Å²) in [7, 11) is 0. The van der Waals surface area contributed by atoms with Crippen LogP contribution in [-0.2, 0) is 17.9 Å². The highest BCUT2D eigenvalue weighted by Crippen LogP contribution is 2.25. The Bertz CT molecular complexity index is 894. The number of rotatable bonds is 7. The predicted molar refractivity (Wildman–Crippen MR) is 109 cm³/mol. The number of aromatic hydroxyl groups is 1. The second kappa shape index (κ2) is 9.46. The lowest BCUT2D eigenvalue weighted by molar-refractivity contribution is 0.146. The smallest absolute Gasteiger partial charge is 0.414 e. The number of ether oxygens (including phenoxy) is 2. The molecule has 1 amide bonds. The van der Waals surface area contributed by atoms with Gasteiger partial charge in [0, 0.05) is 11.3 Å². The van der Waals surface area contributed by atoms with E-state index >= 15 is 0 Å². The van der Waals surface area contributed by atoms with Gasteiger partial charge in [0.2, 0.25) is 0 Å². The SMILES string of the molecule is CCOc1ccc(N(Cc2ccccc2O)C(=O)OCc2ccccc2)cc1. The van der Waals surface area contributed by atoms with Gasteiger partial charge in [-0.1, -0.05) is 48.5 Å². The summed E-state index contributed by atoms with van der Waals surface area (Å²) in [6, 6.07) is 23.7. The first-order chi connectivity index (χ1) is 13.7. The van der Waals surface area contributed by atoms with Gasteiger partial charge in [-0.05, 0) is 42.8 Å². The van der Waals surface area contributed by atoms with Gasteiger partial charge in [-0.25, -0.2) is 4.79 Å². The van der Waals surface area contributed by atoms with Crippen molar-refractivity contribution in [2.75, 3.05) is 11.5 Å². The summed E-state index contributed by atoms with van der Waals surface area (Å²) in [4.78, 5) is 14.3. The zero-order chi connectivity index (χ0) is 19.8. The minimum absolute atomic E-state index is 0.134. The van der Waals surface area contributed by atoms with Gasteiger partial charge in [0.1, 0.15) is 18.1 Å². The number of carbonyl (C=O) groups is 1. The second-order valence-electron chi connectivity index (χ2n) is 6.18. The zero-order valence-electron chi connectivity index (χ0n) is 15.7. The number of phenolic OH excluding ortho intramolecular Hbond substituents is 1. The quantitative estimate of drug-likeness (QED) is 0.620. The molecular formula is C23H23NO4. The van der Waals surface area contributed by atoms with Crippen molar-refractivity contribution in [3.05, 3.63) is 90.0 Å². The van der Waals surface area contributed by atoms with E-state index < -0.39 is 6.09 Å². The van der Waals surface area contributed by atoms with Crippen molar-refractivity contribution < 1.29 is 19.4 Å². The summed E-state index contributed by atoms with van der Waals surface area (Å²) in [5.74, 6) is 0.862. The van der Waals surface area contributed by atoms with Gasteiger partial charge < -0.3 is 14.6 Å². The molecule has 28 heavy (non-hydrogen) atoms. The van der Waals surface area contributed by atoms with E-state index in [4.69, 9.17) is 9.47 Å². The van der Waals surface area contributed by atoms with Crippen LogP contribution in [0.25, 0.3) is 0 Å². The number of phenols is 1. The lowest BCUT2D eigenvalue weighted by atomic mass is 10.1. The standard InChI is InChI=1S/C23H23NO4/c1-2-27-21-14-12-20(13-15-21)24(16-19-10-6-7-11-22(19)25)23(26)28-17-18-8-4-3-5-9-18/h3-15,25H,2,16-17H2,1H3. The van der Waals surface area contributed by atoms with Crippen molar-refractivity contribution in [1.82, 2.24) is 0 Å². The van der Waals surface area contributed by atoms with Crippen LogP contribution in [-0.4, -0.2) is 17.8 Å². The zero-order valence-corrected chi connectivity index (χ0v) is 15.7. The van der Waals surface area contributed by atoms with Gasteiger partial charge in [-0.15, -0.1) is 0 Å². The first kappa shape index (κ1) is 19.3. The Labute approximate surface area is 164 Å². The van der Waals surface area contributed by atoms with Gasteiger partial charge in [-0.2, -0.15) is 0 Å². The maximum atomic E-state index is 12.8. The van der Waals surface area contributed by atoms with Crippen molar-refractivity contribution in [3.8, 4) is 11.5 Å². The van der Waals surface area contributed by atoms with Crippen LogP contribution in [0.1, 0.15) is 18.1 Å². The van der Waals surface area contributed by atoms with E-state index in [0.717, 1.165) is 11.3 Å². The molecule has 0 radical (unpaired) electrons. The maximum Gasteiger partial charge on any atom is 0.414 e. The molecule has 3 aromatic carbocycles. The topological polar surface area (TPSA) is 59.0 Å². The highest BCUT2D eigenvalue weighted by molar-refractivity contribution is 5.87. The van der Waals surface area contributed by atoms with E-state index in [2.05, 4.69) is 0 Å². The largest absolute Gasteiger partial charge is 0.508 e. The second-order valence-corrected chi connectivity index (χ2v) is 6.18. The first-order valence-corrected chi connectivity index (χ1v) is 9.15. The molecule has 0 aliphatic heterocycles. The van der Waals surface area contributed by atoms with Gasteiger partial charge in [0.25, 0.3) is 0 Å². The Morgan fingerprint density at radius 3 is 2.29 bits per heavy atom. The predicted octanol–water partition coefficient (Wildman–Crippen LogP) is 5.13. The molecule has 144 valence electrons. The maximum absolute atomic E-state index is 12.8. The van der Waals surface area contributed by atoms with E-state index in [-0.39, 0.29) is 18.9 Å². The number of anilines is 1. The molecule has 0 heterocycles. The molecule has 0 unspecified atom stereocenters. The summed E-state index contributed by atoms with van der Waals surface area (Å²) in [5.41, 5.74) is 2.20. The number of carbonyl (C=O) groups excluding carboxylic acids is 1. The molecule has 0 bridgehead atoms. The molecule has 0 atom stereocenters. The van der Waals surface area contributed by atoms with Crippen LogP contribution in [0.3, 0.4) is 0 Å². The van der Waals surface area contributed by atoms with Crippen LogP contribution in [0, 0.1) is 0 Å². The summed E-state index contributed by atoms with van der Waals surface area (Å²) in [6.45, 7) is 2.85. The van der Waals surface area contributed by atoms with E-state index in [9.17, 15) is 9.90 Å². The molecule has 0 aliphatic rings. The average molecular weight is 377 g/mol. The molecular weight excluding hydrogens is 354 g/mol. The Morgan fingerprint density at radius 1 is 0.929 bits per heavy atom. The number of hydrogen-bond donors (Lipinski definition) is 1. The first-order valence-electron chi connectivity index (χ1n) is 9.15. The van der Waals surface area contributed by atoms with Crippen molar-refractivity contribution >= 4 is 11.8 Å². The van der Waals surface area contributed by atoms with E-state index in [1.165, 1.54) is 4.90 Å². The van der Waals surface area contributed by atoms with Gasteiger partial charge in [0.15, 0.2) is 0 Å². The Kier molecular flexibility index (Phi) is 6.52. The summed E-state index contributed by atoms with van der Waals surface area (Å²) in [6.07, 6.45) is -0.490. The average Bonchev–Trinajstić information content (AvgIpc) is 2.73. The molecule has 5 heteroatoms. The highest BCUT2D eigenvalue weighted by atomic mass is 16.6. The Hall–Kier alpha value is -3.47. The monoisotopic (exact) mass is 377 g/mol. The van der Waals surface area contributed by atoms with E-state index in [1.54, 1.807) is 42.5 Å². The molecule has 3 aromatic rings. The van der Waals surface area contributed by atoms with Crippen LogP contribution in [0.15, 0.2) is 78.9 Å². The number of benzene rings is 3. The lowest BCUT2D eigenvalue weighted by Crippen LogP contribution is -2.31. The van der Waals surface area contributed by atoms with Crippen LogP contribution >= 0.6 is 0 Å². The lowest BCUT2D eigenvalue weighted by Gasteiger charge is -2.23. The van der Waals surface area contributed by atoms with Crippen molar-refractivity contribution in [3.63, 3.8) is 0 Å². The van der Waals surface area contributed by atoms with Gasteiger partial charge in [0.05, 0.1) is 13.2 Å². The Morgan fingerprint density at radius 2 is 1.61 bits per heavy atom. The fourth-order valence-electron chi connectivity index (χ4n) is 2.76. The van der Waals surface area contributed by atoms with Crippen LogP contribution in [0.4, 0.5) is 10.5 Å². The molecule has 1 N–H and O–H groups in total. The van der Waals surface area contributed by atoms with Gasteiger partial charge in [-0.3, -0.25) is 4.90 Å². The van der Waals surface area contributed by atoms with Crippen molar-refractivity contribution in [2.45, 2.75) is 20.1 Å². The summed E-state index contributed by atoms with van der Waals surface area (Å²) in [5, 5.41) is 10.1. The minimum Gasteiger partial charge on any atom is -0.508 e. The molecule has 3 rings (SSSR count). The minimum atomic E-state index is -0.490. The van der Waals surface area contributed by atoms with Crippen LogP contribution in [0.2, 0.25) is 0 Å². The molecule has 0 aliphatic carbocycles. The molecule has 5 nitrogen and oxygen atoms in total. The summed E-state index contributed by atoms with van der Waals surface area (Å²) < 4.78 is 11.0. The molecule has 0 saturated carbocycles. The number of hydrogen-bond acceptors (Lipinski definition) is 4. The molecule has 0 fully saturated rings. The number of para-hydroxylation sites is 1. The third-order valence-corrected chi connectivity index (χ3v) is 4.20. The van der Waals surface area contributed by atoms with Crippen LogP contribution in [0.5, 0.6) is 11.5 Å². The molecule has 0 aromatic heterocycles. The van der Waals surface area contributed by atoms with Crippen molar-refractivity contribution in [1.29, 1.82) is 0 Å². The fourth-order valence-corrected chi connectivity index (χ4v) is 2.76. The summed E-state index contributed by atoms with van der Waals surface area (Å²) >= 11 is 0.